The molecule has 5 nitrogen and oxygen atoms in total. The van der Waals surface area contributed by atoms with Crippen LogP contribution in [-0.4, -0.2) is 50.7 Å². The van der Waals surface area contributed by atoms with Crippen LogP contribution in [0.15, 0.2) is 29.8 Å². The zero-order chi connectivity index (χ0) is 19.2. The van der Waals surface area contributed by atoms with Crippen molar-refractivity contribution >= 4 is 11.6 Å². The summed E-state index contributed by atoms with van der Waals surface area (Å²) in [5.74, 6) is 1.91. The van der Waals surface area contributed by atoms with E-state index in [0.717, 1.165) is 36.8 Å². The number of methoxy groups -OCH3 is 1. The molecule has 2 aliphatic rings. The highest BCUT2D eigenvalue weighted by atomic mass is 16.5. The smallest absolute Gasteiger partial charge is 0.265 e. The summed E-state index contributed by atoms with van der Waals surface area (Å²) in [6.07, 6.45) is 7.22. The van der Waals surface area contributed by atoms with E-state index >= 15 is 0 Å². The number of rotatable bonds is 7. The van der Waals surface area contributed by atoms with E-state index in [4.69, 9.17) is 9.47 Å². The van der Waals surface area contributed by atoms with Crippen LogP contribution < -0.4 is 14.4 Å². The van der Waals surface area contributed by atoms with Gasteiger partial charge in [0.15, 0.2) is 6.61 Å². The second-order valence-electron chi connectivity index (χ2n) is 7.68. The highest BCUT2D eigenvalue weighted by Gasteiger charge is 2.28. The number of piperidine rings is 1. The molecule has 27 heavy (non-hydrogen) atoms. The third-order valence-electron chi connectivity index (χ3n) is 5.39. The summed E-state index contributed by atoms with van der Waals surface area (Å²) in [6, 6.07) is 5.64. The summed E-state index contributed by atoms with van der Waals surface area (Å²) >= 11 is 0. The fourth-order valence-electron chi connectivity index (χ4n) is 3.89. The van der Waals surface area contributed by atoms with E-state index in [9.17, 15) is 4.79 Å². The summed E-state index contributed by atoms with van der Waals surface area (Å²) in [4.78, 5) is 16.9. The van der Waals surface area contributed by atoms with Crippen molar-refractivity contribution in [3.63, 3.8) is 0 Å². The number of allylic oxidation sites excluding steroid dienone is 1. The third-order valence-corrected chi connectivity index (χ3v) is 5.39. The van der Waals surface area contributed by atoms with Crippen molar-refractivity contribution in [2.24, 2.45) is 5.92 Å². The molecular weight excluding hydrogens is 340 g/mol. The molecule has 0 radical (unpaired) electrons. The third kappa shape index (κ3) is 5.04. The topological polar surface area (TPSA) is 42.0 Å². The Hall–Kier alpha value is -2.01. The van der Waals surface area contributed by atoms with Crippen LogP contribution in [0, 0.1) is 5.92 Å². The average molecular weight is 373 g/mol. The molecule has 3 rings (SSSR count). The lowest BCUT2D eigenvalue weighted by atomic mass is 10.0. The Labute approximate surface area is 162 Å². The molecule has 0 aromatic heterocycles. The molecule has 1 saturated heterocycles. The molecule has 0 spiro atoms. The quantitative estimate of drug-likeness (QED) is 0.681. The molecule has 0 saturated carbocycles. The van der Waals surface area contributed by atoms with E-state index in [-0.39, 0.29) is 12.5 Å². The molecule has 1 fully saturated rings. The minimum absolute atomic E-state index is 0.0195. The first-order valence-corrected chi connectivity index (χ1v) is 10.1. The maximum Gasteiger partial charge on any atom is 0.265 e. The van der Waals surface area contributed by atoms with Gasteiger partial charge in [-0.3, -0.25) is 4.79 Å². The highest BCUT2D eigenvalue weighted by Crippen LogP contribution is 2.35. The van der Waals surface area contributed by atoms with Gasteiger partial charge < -0.3 is 19.3 Å². The number of benzene rings is 1. The van der Waals surface area contributed by atoms with Crippen molar-refractivity contribution in [1.29, 1.82) is 0 Å². The van der Waals surface area contributed by atoms with Crippen LogP contribution in [0.3, 0.4) is 0 Å². The van der Waals surface area contributed by atoms with Crippen LogP contribution in [0.25, 0.3) is 0 Å². The molecule has 0 bridgehead atoms. The molecule has 0 aliphatic carbocycles. The van der Waals surface area contributed by atoms with Crippen molar-refractivity contribution in [1.82, 2.24) is 4.90 Å². The number of anilines is 1. The minimum Gasteiger partial charge on any atom is -0.497 e. The number of hydrogen-bond acceptors (Lipinski definition) is 4. The van der Waals surface area contributed by atoms with E-state index < -0.39 is 0 Å². The monoisotopic (exact) mass is 372 g/mol. The highest BCUT2D eigenvalue weighted by molar-refractivity contribution is 5.98. The number of amides is 1. The number of unbranched alkanes of at least 4 members (excludes halogenated alkanes) is 1. The van der Waals surface area contributed by atoms with Crippen molar-refractivity contribution in [3.05, 3.63) is 29.8 Å². The molecule has 1 amide bonds. The molecule has 1 unspecified atom stereocenters. The summed E-state index contributed by atoms with van der Waals surface area (Å²) < 4.78 is 10.9. The zero-order valence-electron chi connectivity index (χ0n) is 16.9. The van der Waals surface area contributed by atoms with Gasteiger partial charge in [-0.2, -0.15) is 0 Å². The van der Waals surface area contributed by atoms with Crippen LogP contribution in [0.5, 0.6) is 11.5 Å². The van der Waals surface area contributed by atoms with Gasteiger partial charge in [-0.15, -0.1) is 0 Å². The fraction of sp³-hybridized carbons (Fsp3) is 0.591. The standard InChI is InChI=1S/C22H32N2O3/c1-4-5-6-18-9-11-23(12-10-18)14-17(2)15-24-20-13-19(26-3)7-8-21(20)27-16-22(24)25/h6-8,13,17H,4-5,9-12,14-16H2,1-3H3. The van der Waals surface area contributed by atoms with Gasteiger partial charge in [0.1, 0.15) is 11.5 Å². The first-order valence-electron chi connectivity index (χ1n) is 10.1. The Morgan fingerprint density at radius 2 is 2.04 bits per heavy atom. The van der Waals surface area contributed by atoms with Crippen molar-refractivity contribution in [2.75, 3.05) is 44.8 Å². The zero-order valence-corrected chi connectivity index (χ0v) is 16.9. The second-order valence-corrected chi connectivity index (χ2v) is 7.68. The fourth-order valence-corrected chi connectivity index (χ4v) is 3.89. The van der Waals surface area contributed by atoms with Crippen LogP contribution in [-0.2, 0) is 4.79 Å². The van der Waals surface area contributed by atoms with Crippen LogP contribution in [0.2, 0.25) is 0 Å². The lowest BCUT2D eigenvalue weighted by Crippen LogP contribution is -2.44. The Balaban J connectivity index is 1.58. The van der Waals surface area contributed by atoms with Crippen molar-refractivity contribution < 1.29 is 14.3 Å². The second kappa shape index (κ2) is 9.27. The molecule has 2 aliphatic heterocycles. The van der Waals surface area contributed by atoms with Gasteiger partial charge in [-0.1, -0.05) is 31.9 Å². The first kappa shape index (κ1) is 19.7. The molecule has 1 atom stereocenters. The number of carbonyl (C=O) groups is 1. The molecule has 1 aromatic rings. The van der Waals surface area contributed by atoms with Crippen LogP contribution in [0.1, 0.15) is 39.5 Å². The van der Waals surface area contributed by atoms with E-state index in [0.29, 0.717) is 12.5 Å². The molecule has 1 aromatic carbocycles. The van der Waals surface area contributed by atoms with E-state index in [1.165, 1.54) is 25.7 Å². The Bertz CT molecular complexity index is 676. The Morgan fingerprint density at radius 1 is 1.26 bits per heavy atom. The predicted octanol–water partition coefficient (Wildman–Crippen LogP) is 3.88. The maximum absolute atomic E-state index is 12.5. The van der Waals surface area contributed by atoms with Crippen LogP contribution in [0.4, 0.5) is 5.69 Å². The number of ether oxygens (including phenoxy) is 2. The summed E-state index contributed by atoms with van der Waals surface area (Å²) in [6.45, 7) is 8.55. The van der Waals surface area contributed by atoms with Gasteiger partial charge in [0.25, 0.3) is 5.91 Å². The molecular formula is C22H32N2O3. The van der Waals surface area contributed by atoms with E-state index in [1.54, 1.807) is 12.7 Å². The number of hydrogen-bond donors (Lipinski definition) is 0. The lowest BCUT2D eigenvalue weighted by Gasteiger charge is -2.34. The summed E-state index contributed by atoms with van der Waals surface area (Å²) in [5.41, 5.74) is 2.44. The van der Waals surface area contributed by atoms with Crippen LogP contribution >= 0.6 is 0 Å². The Kier molecular flexibility index (Phi) is 6.78. The lowest BCUT2D eigenvalue weighted by molar-refractivity contribution is -0.121. The van der Waals surface area contributed by atoms with E-state index in [1.807, 2.05) is 23.1 Å². The van der Waals surface area contributed by atoms with Gasteiger partial charge in [-0.05, 0) is 37.3 Å². The average Bonchev–Trinajstić information content (AvgIpc) is 2.69. The molecule has 0 N–H and O–H groups in total. The summed E-state index contributed by atoms with van der Waals surface area (Å²) in [5, 5.41) is 0. The maximum atomic E-state index is 12.5. The first-order chi connectivity index (χ1) is 13.1. The number of nitrogens with zero attached hydrogens (tertiary/aromatic N) is 2. The Morgan fingerprint density at radius 3 is 2.74 bits per heavy atom. The summed E-state index contributed by atoms with van der Waals surface area (Å²) in [7, 11) is 1.64. The van der Waals surface area contributed by atoms with Gasteiger partial charge in [0.05, 0.1) is 12.8 Å². The number of likely N-dealkylation sites (tertiary alicyclic amines) is 1. The number of carbonyl (C=O) groups excluding carboxylic acids is 1. The SMILES string of the molecule is CCCC=C1CCN(CC(C)CN2C(=O)COc3ccc(OC)cc32)CC1. The molecule has 148 valence electrons. The predicted molar refractivity (Wildman–Crippen MR) is 109 cm³/mol. The van der Waals surface area contributed by atoms with Gasteiger partial charge >= 0.3 is 0 Å². The normalized spacial score (nSPS) is 18.7. The largest absolute Gasteiger partial charge is 0.497 e. The van der Waals surface area contributed by atoms with Crippen molar-refractivity contribution in [2.45, 2.75) is 39.5 Å². The van der Waals surface area contributed by atoms with Gasteiger partial charge in [-0.25, -0.2) is 0 Å². The number of fused-ring (bicyclic) bond motifs is 1. The van der Waals surface area contributed by atoms with E-state index in [2.05, 4.69) is 24.8 Å². The van der Waals surface area contributed by atoms with Gasteiger partial charge in [0, 0.05) is 32.2 Å². The molecule has 5 heteroatoms. The van der Waals surface area contributed by atoms with Gasteiger partial charge in [0.2, 0.25) is 0 Å². The van der Waals surface area contributed by atoms with Crippen molar-refractivity contribution in [3.8, 4) is 11.5 Å². The minimum atomic E-state index is 0.0195. The molecule has 2 heterocycles.